The predicted octanol–water partition coefficient (Wildman–Crippen LogP) is 1.71. The van der Waals surface area contributed by atoms with Crippen LogP contribution in [0.2, 0.25) is 0 Å². The first-order valence-electron chi connectivity index (χ1n) is 7.22. The van der Waals surface area contributed by atoms with E-state index in [4.69, 9.17) is 10.5 Å². The quantitative estimate of drug-likeness (QED) is 0.895. The lowest BCUT2D eigenvalue weighted by Crippen LogP contribution is -2.42. The molecule has 2 aromatic rings. The number of anilines is 2. The fraction of sp³-hybridized carbons (Fsp3) is 0.571. The van der Waals surface area contributed by atoms with Gasteiger partial charge < -0.3 is 15.8 Å². The highest BCUT2D eigenvalue weighted by Crippen LogP contribution is 2.29. The smallest absolute Gasteiger partial charge is 0.223 e. The number of nitrogen functional groups attached to an aromatic ring is 1. The molecular weight excluding hydrogens is 286 g/mol. The maximum atomic E-state index is 5.81. The van der Waals surface area contributed by atoms with E-state index in [2.05, 4.69) is 40.1 Å². The van der Waals surface area contributed by atoms with E-state index in [-0.39, 0.29) is 0 Å². The molecule has 1 saturated heterocycles. The van der Waals surface area contributed by atoms with Crippen molar-refractivity contribution >= 4 is 33.3 Å². The van der Waals surface area contributed by atoms with Gasteiger partial charge in [-0.25, -0.2) is 4.98 Å². The van der Waals surface area contributed by atoms with Gasteiger partial charge in [0.25, 0.3) is 0 Å². The first kappa shape index (κ1) is 14.5. The molecule has 0 aromatic carbocycles. The predicted molar refractivity (Wildman–Crippen MR) is 86.9 cm³/mol. The van der Waals surface area contributed by atoms with Crippen molar-refractivity contribution in [1.82, 2.24) is 14.9 Å². The number of morpholine rings is 1. The minimum atomic E-state index is 0.292. The number of hydrogen-bond donors (Lipinski definition) is 2. The molecule has 6 nitrogen and oxygen atoms in total. The van der Waals surface area contributed by atoms with E-state index in [0.29, 0.717) is 12.0 Å². The number of aryl methyl sites for hydroxylation is 1. The van der Waals surface area contributed by atoms with Crippen molar-refractivity contribution in [3.05, 3.63) is 10.9 Å². The Balaban J connectivity index is 1.74. The summed E-state index contributed by atoms with van der Waals surface area (Å²) in [6, 6.07) is 2.41. The van der Waals surface area contributed by atoms with Gasteiger partial charge in [0.1, 0.15) is 10.6 Å². The highest BCUT2D eigenvalue weighted by atomic mass is 32.1. The summed E-state index contributed by atoms with van der Waals surface area (Å²) in [5.74, 6) is 1.16. The number of ether oxygens (including phenoxy) is 1. The largest absolute Gasteiger partial charge is 0.379 e. The Morgan fingerprint density at radius 2 is 2.19 bits per heavy atom. The number of aromatic nitrogens is 2. The monoisotopic (exact) mass is 307 g/mol. The maximum Gasteiger partial charge on any atom is 0.223 e. The fourth-order valence-corrected chi connectivity index (χ4v) is 3.51. The standard InChI is InChI=1S/C14H21N5OS/c1-9(8-19-3-5-20-6-4-19)16-12-11-7-10(2)21-13(11)18-14(15)17-12/h7,9H,3-6,8H2,1-2H3,(H3,15,16,17,18). The summed E-state index contributed by atoms with van der Waals surface area (Å²) >= 11 is 1.65. The number of fused-ring (bicyclic) bond motifs is 1. The number of thiophene rings is 1. The van der Waals surface area contributed by atoms with Crippen LogP contribution in [0.25, 0.3) is 10.2 Å². The van der Waals surface area contributed by atoms with Crippen molar-refractivity contribution in [2.75, 3.05) is 43.9 Å². The van der Waals surface area contributed by atoms with E-state index in [1.54, 1.807) is 11.3 Å². The van der Waals surface area contributed by atoms with E-state index in [0.717, 1.165) is 48.9 Å². The highest BCUT2D eigenvalue weighted by Gasteiger charge is 2.16. The van der Waals surface area contributed by atoms with Crippen molar-refractivity contribution in [3.63, 3.8) is 0 Å². The molecule has 1 unspecified atom stereocenters. The molecule has 1 aliphatic rings. The lowest BCUT2D eigenvalue weighted by Gasteiger charge is -2.29. The number of nitrogens with zero attached hydrogens (tertiary/aromatic N) is 3. The second-order valence-electron chi connectivity index (χ2n) is 5.46. The molecule has 0 amide bonds. The summed E-state index contributed by atoms with van der Waals surface area (Å²) in [7, 11) is 0. The molecule has 3 heterocycles. The van der Waals surface area contributed by atoms with Crippen molar-refractivity contribution in [2.45, 2.75) is 19.9 Å². The second kappa shape index (κ2) is 6.13. The van der Waals surface area contributed by atoms with Gasteiger partial charge in [-0.2, -0.15) is 4.98 Å². The molecular formula is C14H21N5OS. The van der Waals surface area contributed by atoms with Gasteiger partial charge in [0.05, 0.1) is 18.6 Å². The van der Waals surface area contributed by atoms with Gasteiger partial charge in [-0.15, -0.1) is 11.3 Å². The SMILES string of the molecule is Cc1cc2c(NC(C)CN3CCOCC3)nc(N)nc2s1. The van der Waals surface area contributed by atoms with Crippen LogP contribution in [0.15, 0.2) is 6.07 Å². The van der Waals surface area contributed by atoms with E-state index < -0.39 is 0 Å². The molecule has 3 N–H and O–H groups in total. The van der Waals surface area contributed by atoms with E-state index in [1.807, 2.05) is 0 Å². The summed E-state index contributed by atoms with van der Waals surface area (Å²) in [4.78, 5) is 13.2. The van der Waals surface area contributed by atoms with Gasteiger partial charge >= 0.3 is 0 Å². The second-order valence-corrected chi connectivity index (χ2v) is 6.70. The van der Waals surface area contributed by atoms with E-state index in [9.17, 15) is 0 Å². The average Bonchev–Trinajstić information content (AvgIpc) is 2.80. The molecule has 0 spiro atoms. The van der Waals surface area contributed by atoms with E-state index >= 15 is 0 Å². The van der Waals surface area contributed by atoms with Gasteiger partial charge in [-0.05, 0) is 19.9 Å². The molecule has 7 heteroatoms. The number of nitrogens with one attached hydrogen (secondary N) is 1. The van der Waals surface area contributed by atoms with Crippen LogP contribution in [0.3, 0.4) is 0 Å². The Bertz CT molecular complexity index is 623. The Labute approximate surface area is 128 Å². The van der Waals surface area contributed by atoms with Crippen molar-refractivity contribution in [2.24, 2.45) is 0 Å². The van der Waals surface area contributed by atoms with Crippen LogP contribution in [-0.4, -0.2) is 53.8 Å². The van der Waals surface area contributed by atoms with Crippen LogP contribution >= 0.6 is 11.3 Å². The zero-order valence-corrected chi connectivity index (χ0v) is 13.2. The van der Waals surface area contributed by atoms with Gasteiger partial charge in [-0.3, -0.25) is 4.90 Å². The van der Waals surface area contributed by atoms with Gasteiger partial charge in [0.2, 0.25) is 5.95 Å². The molecule has 0 aliphatic carbocycles. The molecule has 0 saturated carbocycles. The van der Waals surface area contributed by atoms with Crippen LogP contribution in [0, 0.1) is 6.92 Å². The lowest BCUT2D eigenvalue weighted by molar-refractivity contribution is 0.0368. The molecule has 1 aliphatic heterocycles. The Kier molecular flexibility index (Phi) is 4.23. The number of rotatable bonds is 4. The number of nitrogens with two attached hydrogens (primary N) is 1. The van der Waals surface area contributed by atoms with Gasteiger partial charge in [-0.1, -0.05) is 0 Å². The fourth-order valence-electron chi connectivity index (χ4n) is 2.62. The molecule has 0 bridgehead atoms. The van der Waals surface area contributed by atoms with Crippen molar-refractivity contribution in [1.29, 1.82) is 0 Å². The molecule has 21 heavy (non-hydrogen) atoms. The first-order chi connectivity index (χ1) is 10.1. The molecule has 1 atom stereocenters. The number of hydrogen-bond acceptors (Lipinski definition) is 7. The van der Waals surface area contributed by atoms with Gasteiger partial charge in [0.15, 0.2) is 0 Å². The zero-order valence-electron chi connectivity index (χ0n) is 12.4. The van der Waals surface area contributed by atoms with Crippen LogP contribution < -0.4 is 11.1 Å². The molecule has 2 aromatic heterocycles. The Hall–Kier alpha value is -1.44. The summed E-state index contributed by atoms with van der Waals surface area (Å²) in [6.45, 7) is 8.83. The Morgan fingerprint density at radius 1 is 1.43 bits per heavy atom. The van der Waals surface area contributed by atoms with Crippen LogP contribution in [-0.2, 0) is 4.74 Å². The molecule has 1 fully saturated rings. The Morgan fingerprint density at radius 3 is 2.95 bits per heavy atom. The van der Waals surface area contributed by atoms with Crippen LogP contribution in [0.5, 0.6) is 0 Å². The topological polar surface area (TPSA) is 76.3 Å². The third-order valence-corrected chi connectivity index (χ3v) is 4.50. The summed E-state index contributed by atoms with van der Waals surface area (Å²) in [5.41, 5.74) is 5.81. The van der Waals surface area contributed by atoms with E-state index in [1.165, 1.54) is 4.88 Å². The molecule has 3 rings (SSSR count). The third-order valence-electron chi connectivity index (χ3n) is 3.55. The minimum absolute atomic E-state index is 0.292. The summed E-state index contributed by atoms with van der Waals surface area (Å²) in [6.07, 6.45) is 0. The normalized spacial score (nSPS) is 18.0. The highest BCUT2D eigenvalue weighted by molar-refractivity contribution is 7.18. The lowest BCUT2D eigenvalue weighted by atomic mass is 10.2. The molecule has 114 valence electrons. The van der Waals surface area contributed by atoms with Gasteiger partial charge in [0, 0.05) is 30.6 Å². The van der Waals surface area contributed by atoms with Crippen molar-refractivity contribution in [3.8, 4) is 0 Å². The summed E-state index contributed by atoms with van der Waals surface area (Å²) < 4.78 is 5.38. The van der Waals surface area contributed by atoms with Crippen molar-refractivity contribution < 1.29 is 4.74 Å². The molecule has 0 radical (unpaired) electrons. The maximum absolute atomic E-state index is 5.81. The third kappa shape index (κ3) is 3.42. The first-order valence-corrected chi connectivity index (χ1v) is 8.04. The summed E-state index contributed by atoms with van der Waals surface area (Å²) in [5, 5.41) is 4.54. The average molecular weight is 307 g/mol. The van der Waals surface area contributed by atoms with Crippen LogP contribution in [0.4, 0.5) is 11.8 Å². The van der Waals surface area contributed by atoms with Crippen LogP contribution in [0.1, 0.15) is 11.8 Å². The zero-order chi connectivity index (χ0) is 14.8. The minimum Gasteiger partial charge on any atom is -0.379 e.